The number of anilines is 1. The van der Waals surface area contributed by atoms with Gasteiger partial charge in [0.2, 0.25) is 5.91 Å². The van der Waals surface area contributed by atoms with Crippen LogP contribution < -0.4 is 5.32 Å². The minimum Gasteiger partial charge on any atom is -0.360 e. The van der Waals surface area contributed by atoms with Crippen LogP contribution in [-0.4, -0.2) is 35.6 Å². The van der Waals surface area contributed by atoms with Gasteiger partial charge in [-0.25, -0.2) is 0 Å². The molecular formula is C13H21N3O2. The molecule has 2 heterocycles. The molecule has 0 aliphatic carbocycles. The zero-order valence-electron chi connectivity index (χ0n) is 11.1. The Bertz CT molecular complexity index is 403. The Labute approximate surface area is 108 Å². The second-order valence-electron chi connectivity index (χ2n) is 5.17. The fourth-order valence-electron chi connectivity index (χ4n) is 2.38. The molecule has 18 heavy (non-hydrogen) atoms. The van der Waals surface area contributed by atoms with Crippen molar-refractivity contribution in [3.8, 4) is 0 Å². The van der Waals surface area contributed by atoms with Crippen molar-refractivity contribution in [2.75, 3.05) is 25.0 Å². The van der Waals surface area contributed by atoms with Gasteiger partial charge in [-0.3, -0.25) is 4.79 Å². The highest BCUT2D eigenvalue weighted by Crippen LogP contribution is 2.15. The number of likely N-dealkylation sites (tertiary alicyclic amines) is 1. The number of amides is 1. The summed E-state index contributed by atoms with van der Waals surface area (Å²) in [7, 11) is 0. The number of carbonyl (C=O) groups excluding carboxylic acids is 1. The topological polar surface area (TPSA) is 58.4 Å². The Morgan fingerprint density at radius 2 is 2.50 bits per heavy atom. The molecule has 1 saturated heterocycles. The molecule has 1 atom stereocenters. The number of carbonyl (C=O) groups is 1. The van der Waals surface area contributed by atoms with E-state index < -0.39 is 0 Å². The minimum atomic E-state index is 0.00141. The number of hydrogen-bond donors (Lipinski definition) is 1. The van der Waals surface area contributed by atoms with Crippen molar-refractivity contribution in [3.63, 3.8) is 0 Å². The summed E-state index contributed by atoms with van der Waals surface area (Å²) in [5, 5.41) is 6.49. The highest BCUT2D eigenvalue weighted by atomic mass is 16.5. The van der Waals surface area contributed by atoms with Gasteiger partial charge in [0.25, 0.3) is 0 Å². The van der Waals surface area contributed by atoms with E-state index in [1.807, 2.05) is 0 Å². The summed E-state index contributed by atoms with van der Waals surface area (Å²) in [5.41, 5.74) is 0. The van der Waals surface area contributed by atoms with Crippen LogP contribution in [-0.2, 0) is 4.79 Å². The van der Waals surface area contributed by atoms with E-state index in [0.29, 0.717) is 18.0 Å². The second kappa shape index (κ2) is 6.00. The maximum atomic E-state index is 11.7. The first-order chi connectivity index (χ1) is 8.63. The van der Waals surface area contributed by atoms with Gasteiger partial charge in [-0.2, -0.15) is 0 Å². The van der Waals surface area contributed by atoms with Crippen molar-refractivity contribution in [1.29, 1.82) is 0 Å². The molecule has 5 heteroatoms. The first-order valence-electron chi connectivity index (χ1n) is 6.59. The van der Waals surface area contributed by atoms with Crippen LogP contribution in [0.1, 0.15) is 31.9 Å². The molecule has 1 aliphatic heterocycles. The zero-order chi connectivity index (χ0) is 13.0. The van der Waals surface area contributed by atoms with Crippen LogP contribution in [0.2, 0.25) is 0 Å². The Kier molecular flexibility index (Phi) is 4.36. The predicted octanol–water partition coefficient (Wildman–Crippen LogP) is 2.04. The van der Waals surface area contributed by atoms with Crippen molar-refractivity contribution < 1.29 is 9.32 Å². The third kappa shape index (κ3) is 3.84. The van der Waals surface area contributed by atoms with E-state index in [1.165, 1.54) is 12.8 Å². The van der Waals surface area contributed by atoms with Gasteiger partial charge in [0, 0.05) is 25.6 Å². The Morgan fingerprint density at radius 1 is 1.67 bits per heavy atom. The van der Waals surface area contributed by atoms with Gasteiger partial charge in [0.05, 0.1) is 0 Å². The lowest BCUT2D eigenvalue weighted by Gasteiger charge is -2.30. The average Bonchev–Trinajstić information content (AvgIpc) is 2.72. The van der Waals surface area contributed by atoms with Crippen molar-refractivity contribution >= 4 is 11.7 Å². The molecular weight excluding hydrogens is 230 g/mol. The number of aromatic nitrogens is 1. The van der Waals surface area contributed by atoms with Gasteiger partial charge in [-0.15, -0.1) is 0 Å². The van der Waals surface area contributed by atoms with Crippen LogP contribution in [0.3, 0.4) is 0 Å². The fraction of sp³-hybridized carbons (Fsp3) is 0.692. The molecule has 0 aromatic carbocycles. The first kappa shape index (κ1) is 13.1. The van der Waals surface area contributed by atoms with Gasteiger partial charge >= 0.3 is 0 Å². The van der Waals surface area contributed by atoms with E-state index in [1.54, 1.807) is 13.0 Å². The Hall–Kier alpha value is -1.36. The van der Waals surface area contributed by atoms with Crippen molar-refractivity contribution in [1.82, 2.24) is 10.1 Å². The number of piperidine rings is 1. The molecule has 0 radical (unpaired) electrons. The molecule has 2 rings (SSSR count). The fourth-order valence-corrected chi connectivity index (χ4v) is 2.38. The number of rotatable bonds is 4. The molecule has 1 aromatic heterocycles. The smallest absolute Gasteiger partial charge is 0.226 e. The van der Waals surface area contributed by atoms with E-state index in [4.69, 9.17) is 4.52 Å². The van der Waals surface area contributed by atoms with E-state index in [-0.39, 0.29) is 5.91 Å². The summed E-state index contributed by atoms with van der Waals surface area (Å²) in [5.74, 6) is 1.96. The summed E-state index contributed by atoms with van der Waals surface area (Å²) in [6.07, 6.45) is 3.06. The summed E-state index contributed by atoms with van der Waals surface area (Å²) < 4.78 is 4.90. The maximum absolute atomic E-state index is 11.7. The molecule has 1 fully saturated rings. The van der Waals surface area contributed by atoms with Crippen LogP contribution in [0.15, 0.2) is 10.6 Å². The van der Waals surface area contributed by atoms with Gasteiger partial charge < -0.3 is 14.7 Å². The quantitative estimate of drug-likeness (QED) is 0.889. The standard InChI is InChI=1S/C13H21N3O2/c1-10-4-3-6-16(9-10)7-5-13(17)14-12-8-11(2)18-15-12/h8,10H,3-7,9H2,1-2H3,(H,14,15,17). The molecule has 100 valence electrons. The lowest BCUT2D eigenvalue weighted by molar-refractivity contribution is -0.116. The van der Waals surface area contributed by atoms with Crippen LogP contribution >= 0.6 is 0 Å². The van der Waals surface area contributed by atoms with Gasteiger partial charge in [-0.05, 0) is 32.2 Å². The van der Waals surface area contributed by atoms with Gasteiger partial charge in [-0.1, -0.05) is 12.1 Å². The minimum absolute atomic E-state index is 0.00141. The number of nitrogens with zero attached hydrogens (tertiary/aromatic N) is 2. The molecule has 1 N–H and O–H groups in total. The Balaban J connectivity index is 1.71. The predicted molar refractivity (Wildman–Crippen MR) is 69.3 cm³/mol. The number of nitrogens with one attached hydrogen (secondary N) is 1. The summed E-state index contributed by atoms with van der Waals surface area (Å²) >= 11 is 0. The zero-order valence-corrected chi connectivity index (χ0v) is 11.1. The summed E-state index contributed by atoms with van der Waals surface area (Å²) in [6, 6.07) is 1.72. The van der Waals surface area contributed by atoms with Gasteiger partial charge in [0.1, 0.15) is 5.76 Å². The lowest BCUT2D eigenvalue weighted by atomic mass is 10.0. The molecule has 1 amide bonds. The van der Waals surface area contributed by atoms with E-state index in [2.05, 4.69) is 22.3 Å². The number of aryl methyl sites for hydroxylation is 1. The van der Waals surface area contributed by atoms with E-state index >= 15 is 0 Å². The van der Waals surface area contributed by atoms with Crippen LogP contribution in [0, 0.1) is 12.8 Å². The van der Waals surface area contributed by atoms with E-state index in [0.717, 1.165) is 25.6 Å². The van der Waals surface area contributed by atoms with Crippen LogP contribution in [0.5, 0.6) is 0 Å². The van der Waals surface area contributed by atoms with Gasteiger partial charge in [0.15, 0.2) is 5.82 Å². The maximum Gasteiger partial charge on any atom is 0.226 e. The van der Waals surface area contributed by atoms with Crippen molar-refractivity contribution in [2.24, 2.45) is 5.92 Å². The van der Waals surface area contributed by atoms with Crippen molar-refractivity contribution in [3.05, 3.63) is 11.8 Å². The molecule has 0 spiro atoms. The highest BCUT2D eigenvalue weighted by Gasteiger charge is 2.17. The monoisotopic (exact) mass is 251 g/mol. The average molecular weight is 251 g/mol. The lowest BCUT2D eigenvalue weighted by Crippen LogP contribution is -2.36. The summed E-state index contributed by atoms with van der Waals surface area (Å²) in [6.45, 7) is 7.12. The highest BCUT2D eigenvalue weighted by molar-refractivity contribution is 5.89. The molecule has 1 aliphatic rings. The molecule has 0 bridgehead atoms. The van der Waals surface area contributed by atoms with Crippen LogP contribution in [0.25, 0.3) is 0 Å². The van der Waals surface area contributed by atoms with Crippen molar-refractivity contribution in [2.45, 2.75) is 33.1 Å². The molecule has 0 saturated carbocycles. The molecule has 1 unspecified atom stereocenters. The largest absolute Gasteiger partial charge is 0.360 e. The number of hydrogen-bond acceptors (Lipinski definition) is 4. The first-order valence-corrected chi connectivity index (χ1v) is 6.59. The normalized spacial score (nSPS) is 20.9. The SMILES string of the molecule is Cc1cc(NC(=O)CCN2CCCC(C)C2)no1. The Morgan fingerprint density at radius 3 is 3.17 bits per heavy atom. The third-order valence-corrected chi connectivity index (χ3v) is 3.29. The van der Waals surface area contributed by atoms with Crippen LogP contribution in [0.4, 0.5) is 5.82 Å². The third-order valence-electron chi connectivity index (χ3n) is 3.29. The summed E-state index contributed by atoms with van der Waals surface area (Å²) in [4.78, 5) is 14.1. The second-order valence-corrected chi connectivity index (χ2v) is 5.17. The van der Waals surface area contributed by atoms with E-state index in [9.17, 15) is 4.79 Å². The molecule has 5 nitrogen and oxygen atoms in total. The molecule has 1 aromatic rings.